The average Bonchev–Trinajstić information content (AvgIpc) is 2.93. The zero-order valence-corrected chi connectivity index (χ0v) is 26.0. The number of hydrazone groups is 2. The predicted octanol–water partition coefficient (Wildman–Crippen LogP) is 6.67. The number of aryl methyl sites for hydroxylation is 1. The summed E-state index contributed by atoms with van der Waals surface area (Å²) in [7, 11) is 0. The first-order valence-corrected chi connectivity index (χ1v) is 14.6. The summed E-state index contributed by atoms with van der Waals surface area (Å²) in [6.45, 7) is 4.84. The number of halogens is 5. The summed E-state index contributed by atoms with van der Waals surface area (Å²) in [6, 6.07) is 17.8. The predicted molar refractivity (Wildman–Crippen MR) is 177 cm³/mol. The summed E-state index contributed by atoms with van der Waals surface area (Å²) in [5.41, 5.74) is 10.6. The molecule has 1 heterocycles. The standard InChI is InChI=1S/C27H32Cl4N8.ClH/c1-21-18-26(36-32-19-22-2-6-24(7-3-22)38(14-10-28)15-11-29)35-27(34-21)37-33-20-23-4-8-25(9-5-23)39(16-12-30)17-13-31;/h2-9,18-20H,10-17H2,1H3,(H2,34,35,36,37);1H/b32-19-,33-20+;. The van der Waals surface area contributed by atoms with E-state index < -0.39 is 0 Å². The maximum atomic E-state index is 5.91. The van der Waals surface area contributed by atoms with Crippen LogP contribution in [0.15, 0.2) is 64.8 Å². The van der Waals surface area contributed by atoms with Gasteiger partial charge in [0.15, 0.2) is 5.82 Å². The lowest BCUT2D eigenvalue weighted by Gasteiger charge is -2.22. The van der Waals surface area contributed by atoms with Gasteiger partial charge in [-0.3, -0.25) is 5.43 Å². The lowest BCUT2D eigenvalue weighted by Crippen LogP contribution is -2.27. The van der Waals surface area contributed by atoms with E-state index in [-0.39, 0.29) is 12.4 Å². The first kappa shape index (κ1) is 33.7. The topological polar surface area (TPSA) is 81.0 Å². The zero-order valence-electron chi connectivity index (χ0n) is 22.1. The van der Waals surface area contributed by atoms with Gasteiger partial charge in [0.2, 0.25) is 5.95 Å². The van der Waals surface area contributed by atoms with E-state index in [1.165, 1.54) is 0 Å². The molecule has 8 nitrogen and oxygen atoms in total. The molecule has 0 aliphatic heterocycles. The van der Waals surface area contributed by atoms with Crippen LogP contribution in [0.1, 0.15) is 16.8 Å². The zero-order chi connectivity index (χ0) is 27.9. The number of hydrogen-bond donors (Lipinski definition) is 2. The molecule has 0 unspecified atom stereocenters. The number of anilines is 4. The first-order chi connectivity index (χ1) is 19.1. The molecule has 0 aliphatic carbocycles. The van der Waals surface area contributed by atoms with Gasteiger partial charge >= 0.3 is 0 Å². The molecule has 0 saturated heterocycles. The second-order valence-electron chi connectivity index (χ2n) is 8.37. The van der Waals surface area contributed by atoms with E-state index >= 15 is 0 Å². The quantitative estimate of drug-likeness (QED) is 0.103. The van der Waals surface area contributed by atoms with E-state index in [0.717, 1.165) is 54.4 Å². The van der Waals surface area contributed by atoms with Crippen LogP contribution in [0.4, 0.5) is 23.1 Å². The molecule has 1 aromatic heterocycles. The Bertz CT molecular complexity index is 1090. The van der Waals surface area contributed by atoms with Gasteiger partial charge in [-0.25, -0.2) is 10.4 Å². The molecule has 0 radical (unpaired) electrons. The van der Waals surface area contributed by atoms with Crippen LogP contribution in [0, 0.1) is 6.92 Å². The largest absolute Gasteiger partial charge is 0.369 e. The molecule has 0 aliphatic rings. The fourth-order valence-electron chi connectivity index (χ4n) is 3.70. The third-order valence-electron chi connectivity index (χ3n) is 5.56. The summed E-state index contributed by atoms with van der Waals surface area (Å²) in [4.78, 5) is 13.1. The Labute approximate surface area is 262 Å². The lowest BCUT2D eigenvalue weighted by atomic mass is 10.2. The second-order valence-corrected chi connectivity index (χ2v) is 9.88. The van der Waals surface area contributed by atoms with E-state index in [4.69, 9.17) is 46.4 Å². The fourth-order valence-corrected chi connectivity index (χ4v) is 4.52. The van der Waals surface area contributed by atoms with Crippen LogP contribution in [-0.4, -0.2) is 72.1 Å². The normalized spacial score (nSPS) is 11.0. The van der Waals surface area contributed by atoms with Crippen LogP contribution < -0.4 is 20.7 Å². The highest BCUT2D eigenvalue weighted by molar-refractivity contribution is 6.19. The van der Waals surface area contributed by atoms with Gasteiger partial charge < -0.3 is 9.80 Å². The van der Waals surface area contributed by atoms with Crippen molar-refractivity contribution in [2.24, 2.45) is 10.2 Å². The molecule has 13 heteroatoms. The first-order valence-electron chi connectivity index (χ1n) is 12.4. The Hall–Kier alpha value is -2.49. The Balaban J connectivity index is 0.00000560. The maximum Gasteiger partial charge on any atom is 0.245 e. The minimum Gasteiger partial charge on any atom is -0.369 e. The summed E-state index contributed by atoms with van der Waals surface area (Å²) < 4.78 is 0. The van der Waals surface area contributed by atoms with Crippen LogP contribution >= 0.6 is 58.8 Å². The third-order valence-corrected chi connectivity index (χ3v) is 6.24. The number of aromatic nitrogens is 2. The SMILES string of the molecule is Cc1cc(N/N=C\c2ccc(N(CCCl)CCCl)cc2)nc(N/N=C/c2ccc(N(CCCl)CCCl)cc2)n1.Cl. The summed E-state index contributed by atoms with van der Waals surface area (Å²) in [5.74, 6) is 3.08. The summed E-state index contributed by atoms with van der Waals surface area (Å²) in [6.07, 6.45) is 3.43. The van der Waals surface area contributed by atoms with E-state index in [9.17, 15) is 0 Å². The van der Waals surface area contributed by atoms with Crippen molar-refractivity contribution < 1.29 is 0 Å². The second kappa shape index (κ2) is 18.8. The van der Waals surface area contributed by atoms with Crippen molar-refractivity contribution in [1.82, 2.24) is 9.97 Å². The molecule has 3 aromatic rings. The van der Waals surface area contributed by atoms with Crippen LogP contribution in [0.2, 0.25) is 0 Å². The average molecular weight is 647 g/mol. The molecule has 2 aromatic carbocycles. The number of alkyl halides is 4. The molecule has 0 amide bonds. The number of benzene rings is 2. The van der Waals surface area contributed by atoms with E-state index in [1.54, 1.807) is 18.5 Å². The highest BCUT2D eigenvalue weighted by Crippen LogP contribution is 2.17. The molecule has 0 fully saturated rings. The third kappa shape index (κ3) is 11.2. The Morgan fingerprint density at radius 2 is 1.10 bits per heavy atom. The van der Waals surface area contributed by atoms with E-state index in [2.05, 4.69) is 40.8 Å². The fraction of sp³-hybridized carbons (Fsp3) is 0.333. The van der Waals surface area contributed by atoms with Gasteiger partial charge in [0.25, 0.3) is 0 Å². The van der Waals surface area contributed by atoms with Crippen molar-refractivity contribution in [3.05, 3.63) is 71.4 Å². The van der Waals surface area contributed by atoms with Gasteiger partial charge in [-0.2, -0.15) is 15.2 Å². The van der Waals surface area contributed by atoms with Crippen molar-refractivity contribution in [1.29, 1.82) is 0 Å². The number of rotatable bonds is 16. The molecule has 2 N–H and O–H groups in total. The Morgan fingerprint density at radius 3 is 1.52 bits per heavy atom. The number of hydrogen-bond acceptors (Lipinski definition) is 8. The van der Waals surface area contributed by atoms with E-state index in [0.29, 0.717) is 35.3 Å². The van der Waals surface area contributed by atoms with Gasteiger partial charge in [-0.1, -0.05) is 24.3 Å². The molecular formula is C27H33Cl5N8. The van der Waals surface area contributed by atoms with Crippen LogP contribution in [0.5, 0.6) is 0 Å². The molecule has 0 bridgehead atoms. The molecule has 0 atom stereocenters. The van der Waals surface area contributed by atoms with Gasteiger partial charge in [0.1, 0.15) is 0 Å². The summed E-state index contributed by atoms with van der Waals surface area (Å²) in [5, 5.41) is 8.59. The minimum atomic E-state index is 0. The van der Waals surface area contributed by atoms with Crippen molar-refractivity contribution in [3.8, 4) is 0 Å². The van der Waals surface area contributed by atoms with Crippen LogP contribution in [-0.2, 0) is 0 Å². The van der Waals surface area contributed by atoms with Gasteiger partial charge in [-0.15, -0.1) is 58.8 Å². The molecule has 40 heavy (non-hydrogen) atoms. The molecule has 3 rings (SSSR count). The van der Waals surface area contributed by atoms with Crippen LogP contribution in [0.3, 0.4) is 0 Å². The van der Waals surface area contributed by atoms with Gasteiger partial charge in [-0.05, 0) is 42.3 Å². The van der Waals surface area contributed by atoms with E-state index in [1.807, 2.05) is 55.5 Å². The number of nitrogens with one attached hydrogen (secondary N) is 2. The van der Waals surface area contributed by atoms with Crippen molar-refractivity contribution in [2.75, 3.05) is 70.4 Å². The van der Waals surface area contributed by atoms with Gasteiger partial charge in [0, 0.05) is 72.8 Å². The van der Waals surface area contributed by atoms with Crippen molar-refractivity contribution in [2.45, 2.75) is 6.92 Å². The highest BCUT2D eigenvalue weighted by atomic mass is 35.5. The van der Waals surface area contributed by atoms with Crippen molar-refractivity contribution >= 4 is 94.4 Å². The van der Waals surface area contributed by atoms with Crippen molar-refractivity contribution in [3.63, 3.8) is 0 Å². The van der Waals surface area contributed by atoms with Gasteiger partial charge in [0.05, 0.1) is 12.4 Å². The lowest BCUT2D eigenvalue weighted by molar-refractivity contribution is 0.874. The summed E-state index contributed by atoms with van der Waals surface area (Å²) >= 11 is 23.6. The molecule has 0 saturated carbocycles. The molecule has 216 valence electrons. The molecule has 0 spiro atoms. The Morgan fingerprint density at radius 1 is 0.675 bits per heavy atom. The maximum absolute atomic E-state index is 5.91. The monoisotopic (exact) mass is 644 g/mol. The smallest absolute Gasteiger partial charge is 0.245 e. The highest BCUT2D eigenvalue weighted by Gasteiger charge is 2.06. The molecular weight excluding hydrogens is 614 g/mol. The van der Waals surface area contributed by atoms with Crippen LogP contribution in [0.25, 0.3) is 0 Å². The minimum absolute atomic E-state index is 0. The number of nitrogens with zero attached hydrogens (tertiary/aromatic N) is 6. The Kier molecular flexibility index (Phi) is 15.8.